The predicted molar refractivity (Wildman–Crippen MR) is 79.8 cm³/mol. The van der Waals surface area contributed by atoms with E-state index in [0.29, 0.717) is 11.5 Å². The van der Waals surface area contributed by atoms with Crippen molar-refractivity contribution in [3.05, 3.63) is 34.8 Å². The molecule has 0 fully saturated rings. The molecule has 0 radical (unpaired) electrons. The minimum absolute atomic E-state index is 0.0104. The third kappa shape index (κ3) is 3.59. The van der Waals surface area contributed by atoms with E-state index < -0.39 is 28.0 Å². The summed E-state index contributed by atoms with van der Waals surface area (Å²) in [5.41, 5.74) is -0.317. The highest BCUT2D eigenvalue weighted by molar-refractivity contribution is 7.91. The Bertz CT molecular complexity index is 793. The topological polar surface area (TPSA) is 72.0 Å². The number of hydrogen-bond donors (Lipinski definition) is 1. The first-order valence-electron chi connectivity index (χ1n) is 5.65. The summed E-state index contributed by atoms with van der Waals surface area (Å²) < 4.78 is 64.3. The van der Waals surface area contributed by atoms with Crippen molar-refractivity contribution in [2.24, 2.45) is 0 Å². The van der Waals surface area contributed by atoms with E-state index in [4.69, 9.17) is 12.2 Å². The molecule has 2 rings (SSSR count). The fourth-order valence-corrected chi connectivity index (χ4v) is 3.14. The zero-order chi connectivity index (χ0) is 16.3. The number of sulfone groups is 1. The van der Waals surface area contributed by atoms with Crippen molar-refractivity contribution >= 4 is 44.3 Å². The SMILES string of the molecule is O=S(=O)(CF)c1cccc(NC(=S)c2snnc2C(F)F)c1. The smallest absolute Gasteiger partial charge is 0.283 e. The molecule has 0 atom stereocenters. The van der Waals surface area contributed by atoms with Gasteiger partial charge in [0.2, 0.25) is 9.84 Å². The average Bonchev–Trinajstić information content (AvgIpc) is 2.97. The van der Waals surface area contributed by atoms with Crippen LogP contribution in [0.25, 0.3) is 0 Å². The first-order valence-corrected chi connectivity index (χ1v) is 8.49. The van der Waals surface area contributed by atoms with Gasteiger partial charge in [-0.15, -0.1) is 5.10 Å². The summed E-state index contributed by atoms with van der Waals surface area (Å²) in [7, 11) is -4.02. The molecular formula is C11H8F3N3O2S3. The van der Waals surface area contributed by atoms with Crippen LogP contribution in [0.5, 0.6) is 0 Å². The highest BCUT2D eigenvalue weighted by atomic mass is 32.2. The Morgan fingerprint density at radius 1 is 1.41 bits per heavy atom. The molecule has 0 saturated heterocycles. The van der Waals surface area contributed by atoms with E-state index in [1.54, 1.807) is 0 Å². The van der Waals surface area contributed by atoms with Crippen LogP contribution in [0.3, 0.4) is 0 Å². The van der Waals surface area contributed by atoms with Gasteiger partial charge in [0.15, 0.2) is 11.7 Å². The zero-order valence-electron chi connectivity index (χ0n) is 10.7. The standard InChI is InChI=1S/C11H8F3N3O2S3/c12-5-22(18,19)7-3-1-2-6(4-7)15-11(20)9-8(10(13)14)16-17-21-9/h1-4,10H,5H2,(H,15,20). The van der Waals surface area contributed by atoms with Crippen LogP contribution in [0, 0.1) is 0 Å². The largest absolute Gasteiger partial charge is 0.345 e. The van der Waals surface area contributed by atoms with Crippen LogP contribution in [0.1, 0.15) is 17.0 Å². The molecule has 2 aromatic rings. The van der Waals surface area contributed by atoms with Gasteiger partial charge in [-0.1, -0.05) is 22.8 Å². The Labute approximate surface area is 133 Å². The molecule has 11 heteroatoms. The third-order valence-electron chi connectivity index (χ3n) is 2.52. The maximum absolute atomic E-state index is 12.7. The zero-order valence-corrected chi connectivity index (χ0v) is 13.1. The van der Waals surface area contributed by atoms with Gasteiger partial charge in [-0.2, -0.15) is 0 Å². The first-order chi connectivity index (χ1) is 10.3. The molecule has 1 heterocycles. The maximum atomic E-state index is 12.7. The predicted octanol–water partition coefficient (Wildman–Crippen LogP) is 2.96. The Balaban J connectivity index is 2.26. The van der Waals surface area contributed by atoms with Crippen molar-refractivity contribution in [2.75, 3.05) is 11.3 Å². The minimum atomic E-state index is -4.02. The van der Waals surface area contributed by atoms with Crippen molar-refractivity contribution in [3.63, 3.8) is 0 Å². The van der Waals surface area contributed by atoms with Crippen molar-refractivity contribution in [3.8, 4) is 0 Å². The molecule has 0 aliphatic rings. The molecule has 0 bridgehead atoms. The number of benzene rings is 1. The number of halogens is 3. The van der Waals surface area contributed by atoms with Gasteiger partial charge in [0.1, 0.15) is 9.87 Å². The molecule has 0 saturated carbocycles. The summed E-state index contributed by atoms with van der Waals surface area (Å²) in [6, 6.07) is 3.71. The summed E-state index contributed by atoms with van der Waals surface area (Å²) in [5, 5.41) is 5.91. The van der Waals surface area contributed by atoms with Gasteiger partial charge in [0, 0.05) is 5.69 Å². The molecule has 0 aliphatic carbocycles. The molecule has 0 amide bonds. The van der Waals surface area contributed by atoms with Crippen molar-refractivity contribution in [1.82, 2.24) is 9.59 Å². The average molecular weight is 367 g/mol. The molecule has 1 aromatic heterocycles. The van der Waals surface area contributed by atoms with E-state index in [1.807, 2.05) is 0 Å². The van der Waals surface area contributed by atoms with Crippen LogP contribution in [0.4, 0.5) is 18.9 Å². The number of thiocarbonyl (C=S) groups is 1. The summed E-state index contributed by atoms with van der Waals surface area (Å²) in [6.45, 7) is 0. The molecule has 22 heavy (non-hydrogen) atoms. The lowest BCUT2D eigenvalue weighted by molar-refractivity contribution is 0.146. The van der Waals surface area contributed by atoms with E-state index in [0.717, 1.165) is 6.07 Å². The maximum Gasteiger partial charge on any atom is 0.283 e. The minimum Gasteiger partial charge on any atom is -0.345 e. The normalized spacial score (nSPS) is 11.6. The van der Waals surface area contributed by atoms with Crippen molar-refractivity contribution in [1.29, 1.82) is 0 Å². The van der Waals surface area contributed by atoms with E-state index in [9.17, 15) is 21.6 Å². The van der Waals surface area contributed by atoms with Gasteiger partial charge >= 0.3 is 0 Å². The molecule has 1 N–H and O–H groups in total. The van der Waals surface area contributed by atoms with Gasteiger partial charge in [-0.3, -0.25) is 0 Å². The van der Waals surface area contributed by atoms with Crippen LogP contribution in [0.2, 0.25) is 0 Å². The summed E-state index contributed by atoms with van der Waals surface area (Å²) in [5.74, 6) is 0. The molecule has 1 aromatic carbocycles. The third-order valence-corrected chi connectivity index (χ3v) is 4.97. The molecule has 0 unspecified atom stereocenters. The number of alkyl halides is 3. The van der Waals surface area contributed by atoms with Gasteiger partial charge in [0.05, 0.1) is 4.90 Å². The Morgan fingerprint density at radius 3 is 2.77 bits per heavy atom. The van der Waals surface area contributed by atoms with Crippen LogP contribution in [-0.4, -0.2) is 29.0 Å². The fourth-order valence-electron chi connectivity index (χ4n) is 1.52. The van der Waals surface area contributed by atoms with E-state index in [2.05, 4.69) is 14.9 Å². The summed E-state index contributed by atoms with van der Waals surface area (Å²) in [4.78, 5) is -0.317. The Kier molecular flexibility index (Phi) is 5.08. The van der Waals surface area contributed by atoms with Crippen LogP contribution < -0.4 is 5.32 Å². The Morgan fingerprint density at radius 2 is 2.14 bits per heavy atom. The van der Waals surface area contributed by atoms with Gasteiger partial charge < -0.3 is 5.32 Å². The van der Waals surface area contributed by atoms with Crippen LogP contribution >= 0.6 is 23.8 Å². The van der Waals surface area contributed by atoms with Crippen molar-refractivity contribution in [2.45, 2.75) is 11.3 Å². The molecule has 118 valence electrons. The summed E-state index contributed by atoms with van der Waals surface area (Å²) >= 11 is 5.69. The number of anilines is 1. The van der Waals surface area contributed by atoms with E-state index in [-0.39, 0.29) is 20.4 Å². The quantitative estimate of drug-likeness (QED) is 0.820. The number of nitrogens with zero attached hydrogens (tertiary/aromatic N) is 2. The second-order valence-electron chi connectivity index (χ2n) is 3.99. The lowest BCUT2D eigenvalue weighted by Gasteiger charge is -2.08. The molecular weight excluding hydrogens is 359 g/mol. The van der Waals surface area contributed by atoms with E-state index in [1.165, 1.54) is 18.2 Å². The fraction of sp³-hybridized carbons (Fsp3) is 0.182. The number of hydrogen-bond acceptors (Lipinski definition) is 6. The first kappa shape index (κ1) is 16.8. The van der Waals surface area contributed by atoms with Crippen LogP contribution in [0.15, 0.2) is 29.2 Å². The van der Waals surface area contributed by atoms with Crippen molar-refractivity contribution < 1.29 is 21.6 Å². The highest BCUT2D eigenvalue weighted by Crippen LogP contribution is 2.25. The molecule has 0 aliphatic heterocycles. The summed E-state index contributed by atoms with van der Waals surface area (Å²) in [6.07, 6.45) is -2.83. The molecule has 0 spiro atoms. The number of aromatic nitrogens is 2. The number of nitrogens with one attached hydrogen (secondary N) is 1. The Hall–Kier alpha value is -1.59. The van der Waals surface area contributed by atoms with Crippen LogP contribution in [-0.2, 0) is 9.84 Å². The van der Waals surface area contributed by atoms with Gasteiger partial charge in [-0.25, -0.2) is 21.6 Å². The molecule has 5 nitrogen and oxygen atoms in total. The number of rotatable bonds is 5. The van der Waals surface area contributed by atoms with Gasteiger partial charge in [-0.05, 0) is 29.7 Å². The monoisotopic (exact) mass is 367 g/mol. The van der Waals surface area contributed by atoms with E-state index >= 15 is 0 Å². The lowest BCUT2D eigenvalue weighted by atomic mass is 10.3. The second-order valence-corrected chi connectivity index (χ2v) is 7.08. The lowest BCUT2D eigenvalue weighted by Crippen LogP contribution is -2.12. The second kappa shape index (κ2) is 6.67. The van der Waals surface area contributed by atoms with Gasteiger partial charge in [0.25, 0.3) is 6.43 Å². The highest BCUT2D eigenvalue weighted by Gasteiger charge is 2.21.